The van der Waals surface area contributed by atoms with Gasteiger partial charge in [-0.25, -0.2) is 4.79 Å². The molecule has 0 aliphatic heterocycles. The van der Waals surface area contributed by atoms with Crippen molar-refractivity contribution in [3.05, 3.63) is 23.8 Å². The minimum atomic E-state index is -1.13. The van der Waals surface area contributed by atoms with Gasteiger partial charge in [0.15, 0.2) is 0 Å². The topological polar surface area (TPSA) is 66.8 Å². The molecule has 1 aromatic rings. The number of aromatic hydroxyl groups is 1. The van der Waals surface area contributed by atoms with Gasteiger partial charge in [-0.05, 0) is 37.8 Å². The highest BCUT2D eigenvalue weighted by atomic mass is 16.5. The summed E-state index contributed by atoms with van der Waals surface area (Å²) in [7, 11) is 0. The summed E-state index contributed by atoms with van der Waals surface area (Å²) in [5.74, 6) is -0.836. The van der Waals surface area contributed by atoms with Crippen molar-refractivity contribution in [3.63, 3.8) is 0 Å². The summed E-state index contributed by atoms with van der Waals surface area (Å²) in [4.78, 5) is 10.7. The summed E-state index contributed by atoms with van der Waals surface area (Å²) in [5, 5.41) is 18.3. The number of ether oxygens (including phenoxy) is 1. The number of phenols is 1. The number of rotatable bonds is 3. The van der Waals surface area contributed by atoms with Crippen molar-refractivity contribution in [2.24, 2.45) is 0 Å². The zero-order valence-corrected chi connectivity index (χ0v) is 9.56. The van der Waals surface area contributed by atoms with Crippen LogP contribution in [-0.4, -0.2) is 22.3 Å². The Hall–Kier alpha value is -1.71. The van der Waals surface area contributed by atoms with Crippen LogP contribution in [0.15, 0.2) is 18.2 Å². The lowest BCUT2D eigenvalue weighted by Crippen LogP contribution is -2.19. The van der Waals surface area contributed by atoms with Gasteiger partial charge in [0.25, 0.3) is 0 Å². The van der Waals surface area contributed by atoms with Gasteiger partial charge < -0.3 is 14.9 Å². The second-order valence-electron chi connectivity index (χ2n) is 4.36. The standard InChI is InChI=1S/C13H16O4/c14-12-8-10(6-7-11(12)13(15)16)17-9-4-2-1-3-5-9/h6-9,14H,1-5H2,(H,15,16). The van der Waals surface area contributed by atoms with E-state index in [0.29, 0.717) is 5.75 Å². The molecule has 0 radical (unpaired) electrons. The summed E-state index contributed by atoms with van der Waals surface area (Å²) < 4.78 is 5.72. The van der Waals surface area contributed by atoms with E-state index < -0.39 is 5.97 Å². The molecular weight excluding hydrogens is 220 g/mol. The molecule has 0 unspecified atom stereocenters. The van der Waals surface area contributed by atoms with Gasteiger partial charge in [0.05, 0.1) is 6.10 Å². The smallest absolute Gasteiger partial charge is 0.339 e. The first kappa shape index (κ1) is 11.8. The third kappa shape index (κ3) is 2.90. The average molecular weight is 236 g/mol. The summed E-state index contributed by atoms with van der Waals surface area (Å²) in [5.41, 5.74) is -0.0963. The van der Waals surface area contributed by atoms with E-state index in [0.717, 1.165) is 12.8 Å². The van der Waals surface area contributed by atoms with Crippen molar-refractivity contribution in [1.82, 2.24) is 0 Å². The van der Waals surface area contributed by atoms with Crippen LogP contribution in [0.5, 0.6) is 11.5 Å². The van der Waals surface area contributed by atoms with E-state index in [1.54, 1.807) is 6.07 Å². The van der Waals surface area contributed by atoms with E-state index in [1.807, 2.05) is 0 Å². The van der Waals surface area contributed by atoms with Gasteiger partial charge in [0, 0.05) is 6.07 Å². The van der Waals surface area contributed by atoms with E-state index in [4.69, 9.17) is 9.84 Å². The van der Waals surface area contributed by atoms with Crippen LogP contribution in [0.1, 0.15) is 42.5 Å². The summed E-state index contributed by atoms with van der Waals surface area (Å²) in [6.07, 6.45) is 5.85. The second-order valence-corrected chi connectivity index (χ2v) is 4.36. The lowest BCUT2D eigenvalue weighted by atomic mass is 9.98. The highest BCUT2D eigenvalue weighted by Crippen LogP contribution is 2.27. The quantitative estimate of drug-likeness (QED) is 0.846. The maximum absolute atomic E-state index is 10.7. The Morgan fingerprint density at radius 1 is 1.24 bits per heavy atom. The lowest BCUT2D eigenvalue weighted by molar-refractivity contribution is 0.0693. The predicted octanol–water partition coefficient (Wildman–Crippen LogP) is 2.80. The summed E-state index contributed by atoms with van der Waals surface area (Å²) in [6, 6.07) is 4.34. The first-order chi connectivity index (χ1) is 8.16. The molecule has 4 heteroatoms. The van der Waals surface area contributed by atoms with Crippen LogP contribution in [0.4, 0.5) is 0 Å². The van der Waals surface area contributed by atoms with Crippen LogP contribution in [0.2, 0.25) is 0 Å². The van der Waals surface area contributed by atoms with Gasteiger partial charge in [0.1, 0.15) is 17.1 Å². The van der Waals surface area contributed by atoms with Crippen LogP contribution in [0, 0.1) is 0 Å². The second kappa shape index (κ2) is 5.08. The molecule has 0 atom stereocenters. The Kier molecular flexibility index (Phi) is 3.52. The largest absolute Gasteiger partial charge is 0.507 e. The third-order valence-electron chi connectivity index (χ3n) is 3.05. The Morgan fingerprint density at radius 2 is 1.94 bits per heavy atom. The van der Waals surface area contributed by atoms with E-state index >= 15 is 0 Å². The van der Waals surface area contributed by atoms with Crippen molar-refractivity contribution >= 4 is 5.97 Å². The Bertz CT molecular complexity index is 408. The summed E-state index contributed by atoms with van der Waals surface area (Å²) in [6.45, 7) is 0. The molecule has 1 aliphatic carbocycles. The van der Waals surface area contributed by atoms with Crippen molar-refractivity contribution in [1.29, 1.82) is 0 Å². The maximum Gasteiger partial charge on any atom is 0.339 e. The normalized spacial score (nSPS) is 16.7. The Morgan fingerprint density at radius 3 is 2.53 bits per heavy atom. The van der Waals surface area contributed by atoms with Gasteiger partial charge >= 0.3 is 5.97 Å². The van der Waals surface area contributed by atoms with Crippen molar-refractivity contribution in [2.75, 3.05) is 0 Å². The molecule has 0 amide bonds. The van der Waals surface area contributed by atoms with Crippen LogP contribution in [-0.2, 0) is 0 Å². The van der Waals surface area contributed by atoms with Gasteiger partial charge in [0.2, 0.25) is 0 Å². The van der Waals surface area contributed by atoms with Gasteiger partial charge in [-0.1, -0.05) is 6.42 Å². The van der Waals surface area contributed by atoms with E-state index in [9.17, 15) is 9.90 Å². The molecule has 2 rings (SSSR count). The molecular formula is C13H16O4. The van der Waals surface area contributed by atoms with E-state index in [1.165, 1.54) is 31.4 Å². The lowest BCUT2D eigenvalue weighted by Gasteiger charge is -2.23. The average Bonchev–Trinajstić information content (AvgIpc) is 2.30. The fraction of sp³-hybridized carbons (Fsp3) is 0.462. The van der Waals surface area contributed by atoms with Crippen molar-refractivity contribution < 1.29 is 19.7 Å². The molecule has 0 aromatic heterocycles. The zero-order valence-electron chi connectivity index (χ0n) is 9.56. The number of hydrogen-bond acceptors (Lipinski definition) is 3. The van der Waals surface area contributed by atoms with Crippen molar-refractivity contribution in [2.45, 2.75) is 38.2 Å². The monoisotopic (exact) mass is 236 g/mol. The maximum atomic E-state index is 10.7. The molecule has 17 heavy (non-hydrogen) atoms. The Labute approximate surface area is 99.8 Å². The number of carboxylic acids is 1. The van der Waals surface area contributed by atoms with Crippen molar-refractivity contribution in [3.8, 4) is 11.5 Å². The highest BCUT2D eigenvalue weighted by molar-refractivity contribution is 5.90. The first-order valence-electron chi connectivity index (χ1n) is 5.90. The molecule has 0 bridgehead atoms. The zero-order chi connectivity index (χ0) is 12.3. The molecule has 92 valence electrons. The van der Waals surface area contributed by atoms with Gasteiger partial charge in [-0.3, -0.25) is 0 Å². The Balaban J connectivity index is 2.06. The molecule has 2 N–H and O–H groups in total. The van der Waals surface area contributed by atoms with Gasteiger partial charge in [-0.2, -0.15) is 0 Å². The fourth-order valence-corrected chi connectivity index (χ4v) is 2.14. The molecule has 1 saturated carbocycles. The number of carboxylic acid groups (broad SMARTS) is 1. The number of aromatic carboxylic acids is 1. The van der Waals surface area contributed by atoms with Gasteiger partial charge in [-0.15, -0.1) is 0 Å². The first-order valence-corrected chi connectivity index (χ1v) is 5.90. The number of carbonyl (C=O) groups is 1. The molecule has 0 saturated heterocycles. The van der Waals surface area contributed by atoms with Crippen LogP contribution >= 0.6 is 0 Å². The molecule has 1 aromatic carbocycles. The highest BCUT2D eigenvalue weighted by Gasteiger charge is 2.16. The molecule has 1 fully saturated rings. The van der Waals surface area contributed by atoms with E-state index in [-0.39, 0.29) is 17.4 Å². The minimum absolute atomic E-state index is 0.0963. The van der Waals surface area contributed by atoms with E-state index in [2.05, 4.69) is 0 Å². The van der Waals surface area contributed by atoms with Crippen LogP contribution in [0.25, 0.3) is 0 Å². The third-order valence-corrected chi connectivity index (χ3v) is 3.05. The van der Waals surface area contributed by atoms with Crippen LogP contribution in [0.3, 0.4) is 0 Å². The SMILES string of the molecule is O=C(O)c1ccc(OC2CCCCC2)cc1O. The molecule has 0 spiro atoms. The predicted molar refractivity (Wildman–Crippen MR) is 62.6 cm³/mol. The molecule has 0 heterocycles. The summed E-state index contributed by atoms with van der Waals surface area (Å²) >= 11 is 0. The number of benzene rings is 1. The molecule has 1 aliphatic rings. The number of hydrogen-bond donors (Lipinski definition) is 2. The fourth-order valence-electron chi connectivity index (χ4n) is 2.14. The molecule has 4 nitrogen and oxygen atoms in total. The van der Waals surface area contributed by atoms with Crippen LogP contribution < -0.4 is 4.74 Å². The minimum Gasteiger partial charge on any atom is -0.507 e.